The van der Waals surface area contributed by atoms with E-state index >= 15 is 0 Å². The Balaban J connectivity index is 1.88. The van der Waals surface area contributed by atoms with Crippen LogP contribution >= 0.6 is 0 Å². The van der Waals surface area contributed by atoms with E-state index < -0.39 is 35.7 Å². The van der Waals surface area contributed by atoms with Crippen LogP contribution in [0.3, 0.4) is 0 Å². The third kappa shape index (κ3) is 4.82. The van der Waals surface area contributed by atoms with Crippen LogP contribution in [0.2, 0.25) is 0 Å². The molecule has 2 aromatic rings. The summed E-state index contributed by atoms with van der Waals surface area (Å²) in [6.07, 6.45) is 0.701. The van der Waals surface area contributed by atoms with Gasteiger partial charge in [-0.2, -0.15) is 0 Å². The highest BCUT2D eigenvalue weighted by Gasteiger charge is 2.53. The van der Waals surface area contributed by atoms with Crippen molar-refractivity contribution in [1.82, 2.24) is 4.98 Å². The molecule has 1 aromatic heterocycles. The summed E-state index contributed by atoms with van der Waals surface area (Å²) in [4.78, 5) is 16.7. The molecule has 0 radical (unpaired) electrons. The number of anilines is 1. The Morgan fingerprint density at radius 2 is 1.77 bits per heavy atom. The predicted octanol–water partition coefficient (Wildman–Crippen LogP) is 5.52. The number of ether oxygens (including phenoxy) is 1. The summed E-state index contributed by atoms with van der Waals surface area (Å²) in [6, 6.07) is 8.89. The molecule has 0 spiro atoms. The molecule has 0 unspecified atom stereocenters. The van der Waals surface area contributed by atoms with Crippen LogP contribution in [0.1, 0.15) is 54.2 Å². The van der Waals surface area contributed by atoms with Gasteiger partial charge >= 0.3 is 13.2 Å². The summed E-state index contributed by atoms with van der Waals surface area (Å²) in [5.41, 5.74) is -1.07. The minimum Gasteiger partial charge on any atom is -0.444 e. The summed E-state index contributed by atoms with van der Waals surface area (Å²) in [7, 11) is -1.09. The quantitative estimate of drug-likeness (QED) is 0.670. The maximum atomic E-state index is 14.9. The molecular weight excluding hydrogens is 386 g/mol. The number of hydrogen-bond acceptors (Lipinski definition) is 5. The number of rotatable bonds is 3. The highest BCUT2D eigenvalue weighted by atomic mass is 19.1. The number of hydrogen-bond donors (Lipinski definition) is 1. The summed E-state index contributed by atoms with van der Waals surface area (Å²) in [6.45, 7) is 12.8. The van der Waals surface area contributed by atoms with E-state index in [2.05, 4.69) is 10.3 Å². The van der Waals surface area contributed by atoms with Crippen LogP contribution in [-0.2, 0) is 14.0 Å². The Morgan fingerprint density at radius 1 is 1.13 bits per heavy atom. The lowest BCUT2D eigenvalue weighted by molar-refractivity contribution is 0.00578. The van der Waals surface area contributed by atoms with Crippen molar-refractivity contribution in [3.63, 3.8) is 0 Å². The molecule has 160 valence electrons. The number of benzene rings is 1. The van der Waals surface area contributed by atoms with E-state index in [1.165, 1.54) is 6.08 Å². The summed E-state index contributed by atoms with van der Waals surface area (Å²) in [5, 5.41) is 3.51. The van der Waals surface area contributed by atoms with Gasteiger partial charge in [-0.25, -0.2) is 14.2 Å². The molecule has 1 amide bonds. The van der Waals surface area contributed by atoms with Gasteiger partial charge in [-0.05, 0) is 66.7 Å². The first-order valence-corrected chi connectivity index (χ1v) is 9.90. The molecule has 0 atom stereocenters. The van der Waals surface area contributed by atoms with E-state index in [9.17, 15) is 9.18 Å². The average Bonchev–Trinajstić information content (AvgIpc) is 2.81. The largest absolute Gasteiger partial charge is 0.525 e. The minimum absolute atomic E-state index is 0.383. The third-order valence-electron chi connectivity index (χ3n) is 5.14. The van der Waals surface area contributed by atoms with Gasteiger partial charge in [0.1, 0.15) is 11.3 Å². The molecule has 0 aliphatic carbocycles. The van der Waals surface area contributed by atoms with Crippen LogP contribution in [0.4, 0.5) is 14.9 Å². The van der Waals surface area contributed by atoms with E-state index in [1.54, 1.807) is 39.0 Å². The third-order valence-corrected chi connectivity index (χ3v) is 5.14. The molecule has 1 fully saturated rings. The zero-order valence-corrected chi connectivity index (χ0v) is 18.5. The van der Waals surface area contributed by atoms with Crippen molar-refractivity contribution in [3.05, 3.63) is 41.8 Å². The van der Waals surface area contributed by atoms with Crippen LogP contribution in [0.5, 0.6) is 0 Å². The molecule has 1 N–H and O–H groups in total. The van der Waals surface area contributed by atoms with Crippen LogP contribution in [0.15, 0.2) is 36.1 Å². The zero-order valence-electron chi connectivity index (χ0n) is 18.5. The molecule has 0 saturated carbocycles. The van der Waals surface area contributed by atoms with Crippen LogP contribution in [-0.4, -0.2) is 35.0 Å². The number of carbonyl (C=O) groups is 1. The Bertz CT molecular complexity index is 982. The zero-order chi connectivity index (χ0) is 22.3. The predicted molar refractivity (Wildman–Crippen MR) is 117 cm³/mol. The van der Waals surface area contributed by atoms with Gasteiger partial charge in [0.15, 0.2) is 0 Å². The molecule has 2 heterocycles. The maximum absolute atomic E-state index is 14.9. The van der Waals surface area contributed by atoms with Crippen LogP contribution in [0, 0.1) is 0 Å². The van der Waals surface area contributed by atoms with Gasteiger partial charge in [-0.1, -0.05) is 18.2 Å². The van der Waals surface area contributed by atoms with E-state index in [0.29, 0.717) is 16.9 Å². The molecule has 1 aromatic carbocycles. The number of fused-ring (bicyclic) bond motifs is 1. The number of halogens is 1. The first kappa shape index (κ1) is 22.2. The van der Waals surface area contributed by atoms with Crippen molar-refractivity contribution in [2.24, 2.45) is 0 Å². The van der Waals surface area contributed by atoms with Gasteiger partial charge in [-0.15, -0.1) is 0 Å². The van der Waals surface area contributed by atoms with E-state index in [1.807, 2.05) is 39.8 Å². The molecule has 1 aliphatic rings. The lowest BCUT2D eigenvalue weighted by Crippen LogP contribution is -2.41. The molecule has 1 aliphatic heterocycles. The highest BCUT2D eigenvalue weighted by molar-refractivity contribution is 6.54. The molecular formula is C22H28BFN2O4. The van der Waals surface area contributed by atoms with Gasteiger partial charge in [0.05, 0.1) is 28.1 Å². The van der Waals surface area contributed by atoms with Crippen LogP contribution in [0.25, 0.3) is 17.0 Å². The van der Waals surface area contributed by atoms with Gasteiger partial charge in [-0.3, -0.25) is 5.32 Å². The monoisotopic (exact) mass is 414 g/mol. The smallest absolute Gasteiger partial charge is 0.444 e. The summed E-state index contributed by atoms with van der Waals surface area (Å²) < 4.78 is 31.7. The Labute approximate surface area is 176 Å². The number of nitrogens with zero attached hydrogens (tertiary/aromatic N) is 1. The molecule has 1 saturated heterocycles. The molecule has 0 bridgehead atoms. The standard InChI is InChI=1S/C22H28BFN2O4/c1-20(2,3)28-19(27)26-16-10-8-9-14-11-12-15(25-18(14)16)13-17(24)23-29-21(4,5)22(6,7)30-23/h8-13H,1-7H3,(H,26,27). The van der Waals surface area contributed by atoms with Crippen molar-refractivity contribution >= 4 is 35.9 Å². The second kappa shape index (κ2) is 7.67. The van der Waals surface area contributed by atoms with Gasteiger partial charge < -0.3 is 14.0 Å². The van der Waals surface area contributed by atoms with Crippen LogP contribution < -0.4 is 5.32 Å². The number of aromatic nitrogens is 1. The van der Waals surface area contributed by atoms with E-state index in [4.69, 9.17) is 14.0 Å². The number of carbonyl (C=O) groups excluding carboxylic acids is 1. The summed E-state index contributed by atoms with van der Waals surface area (Å²) in [5.74, 6) is 0. The van der Waals surface area contributed by atoms with Gasteiger partial charge in [0.2, 0.25) is 0 Å². The van der Waals surface area contributed by atoms with E-state index in [-0.39, 0.29) is 0 Å². The Morgan fingerprint density at radius 3 is 2.37 bits per heavy atom. The summed E-state index contributed by atoms with van der Waals surface area (Å²) >= 11 is 0. The second-order valence-electron chi connectivity index (χ2n) is 9.36. The van der Waals surface area contributed by atoms with Crippen molar-refractivity contribution < 1.29 is 23.2 Å². The fraction of sp³-hybridized carbons (Fsp3) is 0.455. The first-order valence-electron chi connectivity index (χ1n) is 9.90. The average molecular weight is 414 g/mol. The second-order valence-corrected chi connectivity index (χ2v) is 9.36. The first-order chi connectivity index (χ1) is 13.8. The number of para-hydroxylation sites is 1. The number of pyridine rings is 1. The Hall–Kier alpha value is -2.45. The molecule has 3 rings (SSSR count). The van der Waals surface area contributed by atoms with Crippen molar-refractivity contribution in [1.29, 1.82) is 0 Å². The number of nitrogens with one attached hydrogen (secondary N) is 1. The lowest BCUT2D eigenvalue weighted by Gasteiger charge is -2.32. The fourth-order valence-corrected chi connectivity index (χ4v) is 2.92. The maximum Gasteiger partial charge on any atom is 0.525 e. The normalized spacial score (nSPS) is 18.5. The lowest BCUT2D eigenvalue weighted by atomic mass is 9.87. The van der Waals surface area contributed by atoms with Gasteiger partial charge in [0, 0.05) is 5.39 Å². The molecule has 6 nitrogen and oxygen atoms in total. The molecule has 30 heavy (non-hydrogen) atoms. The topological polar surface area (TPSA) is 69.7 Å². The SMILES string of the molecule is CC(C)(C)OC(=O)Nc1cccc2ccc(C=C(F)B3OC(C)(C)C(C)(C)O3)nc12. The van der Waals surface area contributed by atoms with Crippen molar-refractivity contribution in [2.45, 2.75) is 65.3 Å². The van der Waals surface area contributed by atoms with Crippen molar-refractivity contribution in [3.8, 4) is 0 Å². The van der Waals surface area contributed by atoms with Gasteiger partial charge in [0.25, 0.3) is 0 Å². The minimum atomic E-state index is -1.09. The van der Waals surface area contributed by atoms with Crippen molar-refractivity contribution in [2.75, 3.05) is 5.32 Å². The van der Waals surface area contributed by atoms with E-state index in [0.717, 1.165) is 5.39 Å². The highest BCUT2D eigenvalue weighted by Crippen LogP contribution is 2.39. The molecule has 8 heteroatoms. The number of amides is 1. The Kier molecular flexibility index (Phi) is 5.69. The fourth-order valence-electron chi connectivity index (χ4n) is 2.92.